The Hall–Kier alpha value is -1.06. The largest absolute Gasteiger partial charge is 0.480 e. The van der Waals surface area contributed by atoms with E-state index in [9.17, 15) is 9.59 Å². The zero-order chi connectivity index (χ0) is 11.9. The Morgan fingerprint density at radius 3 is 2.50 bits per heavy atom. The minimum atomic E-state index is -1.10. The summed E-state index contributed by atoms with van der Waals surface area (Å²) in [6.07, 6.45) is 3.86. The van der Waals surface area contributed by atoms with E-state index in [4.69, 9.17) is 5.11 Å². The molecule has 0 aromatic heterocycles. The van der Waals surface area contributed by atoms with Crippen LogP contribution < -0.4 is 5.32 Å². The summed E-state index contributed by atoms with van der Waals surface area (Å²) in [4.78, 5) is 22.9. The van der Waals surface area contributed by atoms with E-state index in [1.54, 1.807) is 13.8 Å². The van der Waals surface area contributed by atoms with Crippen molar-refractivity contribution < 1.29 is 14.7 Å². The topological polar surface area (TPSA) is 66.4 Å². The number of hydrogen-bond acceptors (Lipinski definition) is 2. The average molecular weight is 225 g/mol. The van der Waals surface area contributed by atoms with E-state index in [-0.39, 0.29) is 11.8 Å². The van der Waals surface area contributed by atoms with Gasteiger partial charge in [-0.05, 0) is 44.4 Å². The van der Waals surface area contributed by atoms with Gasteiger partial charge in [-0.15, -0.1) is 0 Å². The number of carboxylic acids is 1. The molecule has 2 saturated carbocycles. The molecule has 0 aliphatic heterocycles. The summed E-state index contributed by atoms with van der Waals surface area (Å²) < 4.78 is 0. The minimum absolute atomic E-state index is 0.0661. The Bertz CT molecular complexity index is 324. The molecule has 0 heterocycles. The lowest BCUT2D eigenvalue weighted by atomic mass is 9.99. The molecule has 0 spiro atoms. The molecule has 2 fully saturated rings. The molecule has 2 aliphatic rings. The average Bonchev–Trinajstić information content (AvgIpc) is 3.05. The van der Waals surface area contributed by atoms with Crippen LogP contribution in [-0.2, 0) is 9.59 Å². The van der Waals surface area contributed by atoms with Gasteiger partial charge in [-0.2, -0.15) is 0 Å². The molecule has 0 aromatic rings. The second-order valence-electron chi connectivity index (χ2n) is 5.32. The fraction of sp³-hybridized carbons (Fsp3) is 0.833. The van der Waals surface area contributed by atoms with Gasteiger partial charge < -0.3 is 10.4 Å². The van der Waals surface area contributed by atoms with Gasteiger partial charge in [0.1, 0.15) is 5.54 Å². The summed E-state index contributed by atoms with van der Waals surface area (Å²) in [6, 6.07) is 0. The molecule has 0 bridgehead atoms. The Balaban J connectivity index is 1.89. The van der Waals surface area contributed by atoms with E-state index < -0.39 is 11.5 Å². The highest BCUT2D eigenvalue weighted by Crippen LogP contribution is 2.54. The van der Waals surface area contributed by atoms with Gasteiger partial charge in [0.2, 0.25) is 5.91 Å². The maximum atomic E-state index is 11.9. The summed E-state index contributed by atoms with van der Waals surface area (Å²) in [5.41, 5.74) is -1.10. The van der Waals surface area contributed by atoms with Crippen molar-refractivity contribution in [3.8, 4) is 0 Å². The molecule has 90 valence electrons. The molecule has 0 saturated heterocycles. The third-order valence-electron chi connectivity index (χ3n) is 3.98. The fourth-order valence-electron chi connectivity index (χ4n) is 2.22. The summed E-state index contributed by atoms with van der Waals surface area (Å²) in [6.45, 7) is 3.35. The van der Waals surface area contributed by atoms with Crippen LogP contribution in [0.4, 0.5) is 0 Å². The molecule has 16 heavy (non-hydrogen) atoms. The van der Waals surface area contributed by atoms with Gasteiger partial charge in [0, 0.05) is 5.92 Å². The smallest absolute Gasteiger partial charge is 0.329 e. The molecule has 2 rings (SSSR count). The van der Waals surface area contributed by atoms with Crippen LogP contribution in [0.2, 0.25) is 0 Å². The lowest BCUT2D eigenvalue weighted by Gasteiger charge is -2.24. The van der Waals surface area contributed by atoms with E-state index in [1.807, 2.05) is 0 Å². The number of nitrogens with one attached hydrogen (secondary N) is 1. The molecule has 0 aromatic carbocycles. The molecule has 4 nitrogen and oxygen atoms in total. The van der Waals surface area contributed by atoms with Crippen LogP contribution in [0.3, 0.4) is 0 Å². The molecule has 3 unspecified atom stereocenters. The van der Waals surface area contributed by atoms with Crippen molar-refractivity contribution in [3.63, 3.8) is 0 Å². The maximum Gasteiger partial charge on any atom is 0.329 e. The Morgan fingerprint density at radius 1 is 1.44 bits per heavy atom. The van der Waals surface area contributed by atoms with Crippen molar-refractivity contribution >= 4 is 11.9 Å². The minimum Gasteiger partial charge on any atom is -0.480 e. The fourth-order valence-corrected chi connectivity index (χ4v) is 2.22. The molecular formula is C12H19NO3. The molecule has 1 amide bonds. The van der Waals surface area contributed by atoms with E-state index in [0.29, 0.717) is 12.3 Å². The summed E-state index contributed by atoms with van der Waals surface area (Å²) >= 11 is 0. The van der Waals surface area contributed by atoms with Crippen LogP contribution in [0.25, 0.3) is 0 Å². The number of amides is 1. The number of aliphatic carboxylic acids is 1. The van der Waals surface area contributed by atoms with Gasteiger partial charge in [-0.1, -0.05) is 6.92 Å². The number of carbonyl (C=O) groups is 2. The number of carbonyl (C=O) groups excluding carboxylic acids is 1. The zero-order valence-corrected chi connectivity index (χ0v) is 9.82. The lowest BCUT2D eigenvalue weighted by molar-refractivity contribution is -0.147. The highest BCUT2D eigenvalue weighted by molar-refractivity contribution is 5.89. The third-order valence-corrected chi connectivity index (χ3v) is 3.98. The van der Waals surface area contributed by atoms with Crippen LogP contribution in [0.1, 0.15) is 39.5 Å². The van der Waals surface area contributed by atoms with Crippen molar-refractivity contribution in [2.75, 3.05) is 0 Å². The number of rotatable bonds is 5. The second kappa shape index (κ2) is 3.75. The van der Waals surface area contributed by atoms with Crippen LogP contribution >= 0.6 is 0 Å². The Labute approximate surface area is 95.4 Å². The maximum absolute atomic E-state index is 11.9. The summed E-state index contributed by atoms with van der Waals surface area (Å²) in [7, 11) is 0. The van der Waals surface area contributed by atoms with Crippen LogP contribution in [0.15, 0.2) is 0 Å². The van der Waals surface area contributed by atoms with E-state index in [1.165, 1.54) is 12.8 Å². The van der Waals surface area contributed by atoms with Crippen molar-refractivity contribution in [3.05, 3.63) is 0 Å². The van der Waals surface area contributed by atoms with E-state index >= 15 is 0 Å². The second-order valence-corrected chi connectivity index (χ2v) is 5.32. The number of carboxylic acid groups (broad SMARTS) is 1. The van der Waals surface area contributed by atoms with Crippen LogP contribution in [0, 0.1) is 17.8 Å². The van der Waals surface area contributed by atoms with Gasteiger partial charge in [0.25, 0.3) is 0 Å². The lowest BCUT2D eigenvalue weighted by Crippen LogP contribution is -2.52. The van der Waals surface area contributed by atoms with E-state index in [0.717, 1.165) is 12.3 Å². The normalized spacial score (nSPS) is 31.6. The van der Waals surface area contributed by atoms with Gasteiger partial charge >= 0.3 is 5.97 Å². The number of hydrogen-bond donors (Lipinski definition) is 2. The molecule has 3 atom stereocenters. The highest BCUT2D eigenvalue weighted by Gasteiger charge is 2.52. The summed E-state index contributed by atoms with van der Waals surface area (Å²) in [5, 5.41) is 11.7. The van der Waals surface area contributed by atoms with Crippen molar-refractivity contribution in [1.29, 1.82) is 0 Å². The van der Waals surface area contributed by atoms with Crippen LogP contribution in [-0.4, -0.2) is 22.5 Å². The van der Waals surface area contributed by atoms with Gasteiger partial charge in [-0.25, -0.2) is 4.79 Å². The van der Waals surface area contributed by atoms with Gasteiger partial charge in [-0.3, -0.25) is 4.79 Å². The summed E-state index contributed by atoms with van der Waals surface area (Å²) in [5.74, 6) is 0.344. The first-order valence-corrected chi connectivity index (χ1v) is 6.03. The first-order valence-electron chi connectivity index (χ1n) is 6.03. The van der Waals surface area contributed by atoms with Crippen LogP contribution in [0.5, 0.6) is 0 Å². The Kier molecular flexibility index (Phi) is 2.68. The highest BCUT2D eigenvalue weighted by atomic mass is 16.4. The van der Waals surface area contributed by atoms with Crippen molar-refractivity contribution in [2.24, 2.45) is 17.8 Å². The first kappa shape index (κ1) is 11.4. The quantitative estimate of drug-likeness (QED) is 0.743. The third kappa shape index (κ3) is 2.06. The molecule has 2 N–H and O–H groups in total. The SMILES string of the molecule is CCC(C)(NC(=O)C1CC1C1CC1)C(=O)O. The first-order chi connectivity index (χ1) is 7.48. The Morgan fingerprint density at radius 2 is 2.06 bits per heavy atom. The monoisotopic (exact) mass is 225 g/mol. The molecule has 4 heteroatoms. The van der Waals surface area contributed by atoms with Gasteiger partial charge in [0.05, 0.1) is 0 Å². The van der Waals surface area contributed by atoms with E-state index in [2.05, 4.69) is 5.32 Å². The zero-order valence-electron chi connectivity index (χ0n) is 9.82. The predicted molar refractivity (Wildman–Crippen MR) is 58.8 cm³/mol. The molecule has 2 aliphatic carbocycles. The van der Waals surface area contributed by atoms with Crippen molar-refractivity contribution in [1.82, 2.24) is 5.32 Å². The predicted octanol–water partition coefficient (Wildman–Crippen LogP) is 1.40. The van der Waals surface area contributed by atoms with Gasteiger partial charge in [0.15, 0.2) is 0 Å². The molecular weight excluding hydrogens is 206 g/mol. The standard InChI is InChI=1S/C12H19NO3/c1-3-12(2,11(15)16)13-10(14)9-6-8(9)7-4-5-7/h7-9H,3-6H2,1-2H3,(H,13,14)(H,15,16). The van der Waals surface area contributed by atoms with Crippen molar-refractivity contribution in [2.45, 2.75) is 45.1 Å². The molecule has 0 radical (unpaired) electrons.